The third-order valence-corrected chi connectivity index (χ3v) is 7.98. The minimum atomic E-state index is -0.509. The summed E-state index contributed by atoms with van der Waals surface area (Å²) in [6.45, 7) is 8.95. The zero-order valence-corrected chi connectivity index (χ0v) is 24.1. The number of nitrogens with one attached hydrogen (secondary N) is 2. The molecule has 2 N–H and O–H groups in total. The quantitative estimate of drug-likeness (QED) is 0.423. The standard InChI is InChI=1S/C27H29FN6O3.C4H8O/c1-16(2)33-26(35)19-7-17(28)3-4-22(19)37-24-12-30-15-32-25(24)34-13-27(14-34)8-18(9-27)36-23-5-6-31-21-11-29-10-20(21)23;1-2-4-5-3-1/h3-7,12,15-16,18,29H,8-11,13-14H2,1-2H3,(H,33,35);1-4H2. The molecule has 1 amide bonds. The Bertz CT molecular complexity index is 1410. The SMILES string of the molecule is C1CCOC1.CC(C)NC(=O)c1cc(F)ccc1Oc1cncnc1N1CC2(CC(Oc3ccnc4c3CNC4)C2)C1. The van der Waals surface area contributed by atoms with E-state index >= 15 is 0 Å². The Kier molecular flexibility index (Phi) is 8.21. The van der Waals surface area contributed by atoms with E-state index in [0.717, 1.165) is 63.7 Å². The molecule has 0 bridgehead atoms. The van der Waals surface area contributed by atoms with Gasteiger partial charge in [-0.2, -0.15) is 0 Å². The van der Waals surface area contributed by atoms with E-state index in [4.69, 9.17) is 14.2 Å². The molecule has 4 aliphatic rings. The molecule has 42 heavy (non-hydrogen) atoms. The molecule has 1 aromatic carbocycles. The third-order valence-electron chi connectivity index (χ3n) is 7.98. The minimum absolute atomic E-state index is 0.0945. The van der Waals surface area contributed by atoms with Crippen molar-refractivity contribution in [3.63, 3.8) is 0 Å². The monoisotopic (exact) mass is 576 g/mol. The van der Waals surface area contributed by atoms with Crippen molar-refractivity contribution >= 4 is 11.7 Å². The van der Waals surface area contributed by atoms with Crippen molar-refractivity contribution in [3.8, 4) is 17.2 Å². The molecule has 3 aliphatic heterocycles. The number of nitrogens with zero attached hydrogens (tertiary/aromatic N) is 4. The van der Waals surface area contributed by atoms with Gasteiger partial charge in [0.05, 0.1) is 17.5 Å². The first-order valence-corrected chi connectivity index (χ1v) is 14.6. The molecule has 0 radical (unpaired) electrons. The van der Waals surface area contributed by atoms with Gasteiger partial charge in [-0.05, 0) is 63.8 Å². The van der Waals surface area contributed by atoms with Crippen LogP contribution in [0.2, 0.25) is 0 Å². The van der Waals surface area contributed by atoms with E-state index in [2.05, 4.69) is 30.5 Å². The number of carbonyl (C=O) groups excluding carboxylic acids is 1. The Morgan fingerprint density at radius 1 is 1.12 bits per heavy atom. The highest BCUT2D eigenvalue weighted by Gasteiger charge is 2.54. The molecule has 1 spiro atoms. The van der Waals surface area contributed by atoms with E-state index in [-0.39, 0.29) is 28.9 Å². The van der Waals surface area contributed by atoms with Crippen LogP contribution in [0, 0.1) is 11.2 Å². The van der Waals surface area contributed by atoms with E-state index < -0.39 is 11.7 Å². The van der Waals surface area contributed by atoms with Crippen LogP contribution in [0.4, 0.5) is 10.2 Å². The summed E-state index contributed by atoms with van der Waals surface area (Å²) in [5.74, 6) is 1.36. The van der Waals surface area contributed by atoms with Crippen LogP contribution in [0.15, 0.2) is 43.0 Å². The van der Waals surface area contributed by atoms with Gasteiger partial charge in [0.25, 0.3) is 5.91 Å². The molecular weight excluding hydrogens is 539 g/mol. The highest BCUT2D eigenvalue weighted by Crippen LogP contribution is 2.52. The fourth-order valence-corrected chi connectivity index (χ4v) is 5.97. The van der Waals surface area contributed by atoms with E-state index in [0.29, 0.717) is 11.6 Å². The summed E-state index contributed by atoms with van der Waals surface area (Å²) in [5, 5.41) is 6.12. The van der Waals surface area contributed by atoms with Gasteiger partial charge in [0, 0.05) is 62.6 Å². The van der Waals surface area contributed by atoms with Gasteiger partial charge >= 0.3 is 0 Å². The second-order valence-corrected chi connectivity index (χ2v) is 11.7. The Balaban J connectivity index is 0.000000573. The predicted octanol–water partition coefficient (Wildman–Crippen LogP) is 4.39. The summed E-state index contributed by atoms with van der Waals surface area (Å²) in [7, 11) is 0. The molecule has 5 heterocycles. The molecule has 1 saturated carbocycles. The van der Waals surface area contributed by atoms with Gasteiger partial charge in [0.1, 0.15) is 29.7 Å². The molecule has 11 heteroatoms. The molecule has 222 valence electrons. The summed E-state index contributed by atoms with van der Waals surface area (Å²) in [6, 6.07) is 5.77. The first-order valence-electron chi connectivity index (χ1n) is 14.6. The van der Waals surface area contributed by atoms with Crippen LogP contribution in [0.25, 0.3) is 0 Å². The number of hydrogen-bond donors (Lipinski definition) is 2. The molecule has 2 saturated heterocycles. The number of pyridine rings is 1. The lowest BCUT2D eigenvalue weighted by atomic mass is 9.61. The van der Waals surface area contributed by atoms with E-state index in [1.54, 1.807) is 6.20 Å². The number of ether oxygens (including phenoxy) is 3. The molecular formula is C31H37FN6O4. The van der Waals surface area contributed by atoms with Crippen LogP contribution in [0.1, 0.15) is 61.1 Å². The topological polar surface area (TPSA) is 111 Å². The Labute approximate surface area is 245 Å². The average molecular weight is 577 g/mol. The first kappa shape index (κ1) is 28.3. The van der Waals surface area contributed by atoms with Crippen LogP contribution in [0.3, 0.4) is 0 Å². The second-order valence-electron chi connectivity index (χ2n) is 11.7. The van der Waals surface area contributed by atoms with Crippen LogP contribution >= 0.6 is 0 Å². The summed E-state index contributed by atoms with van der Waals surface area (Å²) < 4.78 is 31.3. The molecule has 3 aromatic rings. The maximum absolute atomic E-state index is 13.9. The van der Waals surface area contributed by atoms with Gasteiger partial charge in [-0.1, -0.05) is 0 Å². The van der Waals surface area contributed by atoms with Gasteiger partial charge in [0.15, 0.2) is 11.6 Å². The highest BCUT2D eigenvalue weighted by atomic mass is 19.1. The maximum Gasteiger partial charge on any atom is 0.255 e. The zero-order chi connectivity index (χ0) is 29.1. The number of hydrogen-bond acceptors (Lipinski definition) is 9. The number of benzene rings is 1. The number of amides is 1. The molecule has 0 unspecified atom stereocenters. The number of fused-ring (bicyclic) bond motifs is 1. The summed E-state index contributed by atoms with van der Waals surface area (Å²) in [4.78, 5) is 27.8. The Morgan fingerprint density at radius 2 is 1.93 bits per heavy atom. The highest BCUT2D eigenvalue weighted by molar-refractivity contribution is 5.97. The average Bonchev–Trinajstić information content (AvgIpc) is 3.66. The fourth-order valence-electron chi connectivity index (χ4n) is 5.97. The molecule has 0 atom stereocenters. The first-order chi connectivity index (χ1) is 20.4. The fraction of sp³-hybridized carbons (Fsp3) is 0.484. The van der Waals surface area contributed by atoms with E-state index in [9.17, 15) is 9.18 Å². The van der Waals surface area contributed by atoms with Gasteiger partial charge < -0.3 is 29.7 Å². The van der Waals surface area contributed by atoms with Crippen molar-refractivity contribution in [1.29, 1.82) is 0 Å². The van der Waals surface area contributed by atoms with E-state index in [1.807, 2.05) is 26.1 Å². The van der Waals surface area contributed by atoms with E-state index in [1.165, 1.54) is 42.9 Å². The lowest BCUT2D eigenvalue weighted by Gasteiger charge is -2.58. The number of anilines is 1. The Hall–Kier alpha value is -3.83. The van der Waals surface area contributed by atoms with Crippen LogP contribution < -0.4 is 25.0 Å². The van der Waals surface area contributed by atoms with Crippen molar-refractivity contribution in [2.45, 2.75) is 64.8 Å². The summed E-state index contributed by atoms with van der Waals surface area (Å²) in [6.07, 6.45) is 9.58. The van der Waals surface area contributed by atoms with Crippen molar-refractivity contribution in [1.82, 2.24) is 25.6 Å². The van der Waals surface area contributed by atoms with Gasteiger partial charge in [0.2, 0.25) is 0 Å². The van der Waals surface area contributed by atoms with Crippen LogP contribution in [-0.2, 0) is 17.8 Å². The minimum Gasteiger partial charge on any atom is -0.490 e. The lowest BCUT2D eigenvalue weighted by molar-refractivity contribution is -0.0348. The normalized spacial score (nSPS) is 18.5. The number of rotatable bonds is 7. The largest absolute Gasteiger partial charge is 0.490 e. The molecule has 2 aromatic heterocycles. The lowest BCUT2D eigenvalue weighted by Crippen LogP contribution is -2.65. The van der Waals surface area contributed by atoms with Gasteiger partial charge in [-0.3, -0.25) is 9.78 Å². The molecule has 7 rings (SSSR count). The number of aromatic nitrogens is 3. The number of carbonyl (C=O) groups is 1. The van der Waals surface area contributed by atoms with Crippen LogP contribution in [-0.4, -0.2) is 59.3 Å². The van der Waals surface area contributed by atoms with Crippen molar-refractivity contribution < 1.29 is 23.4 Å². The van der Waals surface area contributed by atoms with Crippen molar-refractivity contribution in [3.05, 3.63) is 65.6 Å². The second kappa shape index (κ2) is 12.2. The predicted molar refractivity (Wildman–Crippen MR) is 154 cm³/mol. The van der Waals surface area contributed by atoms with Crippen molar-refractivity contribution in [2.24, 2.45) is 5.41 Å². The summed E-state index contributed by atoms with van der Waals surface area (Å²) in [5.41, 5.74) is 2.56. The molecule has 10 nitrogen and oxygen atoms in total. The molecule has 1 aliphatic carbocycles. The molecule has 3 fully saturated rings. The van der Waals surface area contributed by atoms with Crippen LogP contribution in [0.5, 0.6) is 17.2 Å². The zero-order valence-electron chi connectivity index (χ0n) is 24.1. The van der Waals surface area contributed by atoms with Gasteiger partial charge in [-0.15, -0.1) is 0 Å². The Morgan fingerprint density at radius 3 is 2.67 bits per heavy atom. The third kappa shape index (κ3) is 6.17. The number of halogens is 1. The summed E-state index contributed by atoms with van der Waals surface area (Å²) >= 11 is 0. The van der Waals surface area contributed by atoms with Crippen molar-refractivity contribution in [2.75, 3.05) is 31.2 Å². The van der Waals surface area contributed by atoms with Gasteiger partial charge in [-0.25, -0.2) is 14.4 Å². The smallest absolute Gasteiger partial charge is 0.255 e. The maximum atomic E-state index is 13.9.